The van der Waals surface area contributed by atoms with E-state index in [1.54, 1.807) is 24.3 Å². The van der Waals surface area contributed by atoms with E-state index >= 15 is 0 Å². The van der Waals surface area contributed by atoms with Crippen molar-refractivity contribution in [3.63, 3.8) is 0 Å². The van der Waals surface area contributed by atoms with Gasteiger partial charge in [-0.1, -0.05) is 36.4 Å². The van der Waals surface area contributed by atoms with Gasteiger partial charge in [-0.3, -0.25) is 9.59 Å². The van der Waals surface area contributed by atoms with Gasteiger partial charge < -0.3 is 0 Å². The van der Waals surface area contributed by atoms with Crippen LogP contribution in [0.15, 0.2) is 48.5 Å². The molecule has 3 aromatic rings. The third-order valence-corrected chi connectivity index (χ3v) is 3.41. The molecule has 0 saturated heterocycles. The first-order valence-electron chi connectivity index (χ1n) is 6.19. The smallest absolute Gasteiger partial charge is 0.277 e. The quantitative estimate of drug-likeness (QED) is 0.413. The molecule has 0 amide bonds. The minimum atomic E-state index is -0.685. The number of rotatable bonds is 3. The van der Waals surface area contributed by atoms with Crippen molar-refractivity contribution in [2.24, 2.45) is 0 Å². The number of carbonyl (C=O) groups excluding carboxylic acids is 2. The topological polar surface area (TPSA) is 54.0 Å². The molecule has 2 radical (unpaired) electrons. The van der Waals surface area contributed by atoms with E-state index in [2.05, 4.69) is 0 Å². The lowest BCUT2D eigenvalue weighted by molar-refractivity contribution is 0.106. The number of Topliss-reactive ketones (excluding diaryl/α,β-unsaturated/α-hetero) is 1. The second-order valence-corrected chi connectivity index (χ2v) is 4.60. The van der Waals surface area contributed by atoms with Crippen molar-refractivity contribution < 1.29 is 14.7 Å². The van der Waals surface area contributed by atoms with Gasteiger partial charge in [0, 0.05) is 5.56 Å². The molecule has 0 heterocycles. The van der Waals surface area contributed by atoms with Crippen molar-refractivity contribution in [3.05, 3.63) is 59.7 Å². The zero-order chi connectivity index (χ0) is 14.1. The lowest BCUT2D eigenvalue weighted by Gasteiger charge is -2.09. The van der Waals surface area contributed by atoms with Gasteiger partial charge in [-0.05, 0) is 39.2 Å². The highest BCUT2D eigenvalue weighted by molar-refractivity contribution is 6.40. The molecule has 3 aromatic carbocycles. The SMILES string of the molecule is [O]Cc1ccc2cc3ccccc3c(C(=O)[C]=O)c2c1. The summed E-state index contributed by atoms with van der Waals surface area (Å²) >= 11 is 0. The van der Waals surface area contributed by atoms with Crippen LogP contribution in [0.3, 0.4) is 0 Å². The van der Waals surface area contributed by atoms with Crippen molar-refractivity contribution in [1.29, 1.82) is 0 Å². The Morgan fingerprint density at radius 1 is 0.950 bits per heavy atom. The van der Waals surface area contributed by atoms with Gasteiger partial charge in [-0.15, -0.1) is 0 Å². The molecule has 0 saturated carbocycles. The molecule has 20 heavy (non-hydrogen) atoms. The Morgan fingerprint density at radius 2 is 1.70 bits per heavy atom. The van der Waals surface area contributed by atoms with Gasteiger partial charge >= 0.3 is 0 Å². The van der Waals surface area contributed by atoms with Gasteiger partial charge in [-0.25, -0.2) is 5.11 Å². The molecule has 3 nitrogen and oxygen atoms in total. The Balaban J connectivity index is 2.51. The Morgan fingerprint density at radius 3 is 2.45 bits per heavy atom. The largest absolute Gasteiger partial charge is 0.285 e. The highest BCUT2D eigenvalue weighted by atomic mass is 16.3. The van der Waals surface area contributed by atoms with Crippen molar-refractivity contribution >= 4 is 33.6 Å². The predicted octanol–water partition coefficient (Wildman–Crippen LogP) is 3.22. The molecule has 0 aliphatic heterocycles. The average molecular weight is 262 g/mol. The third-order valence-electron chi connectivity index (χ3n) is 3.41. The highest BCUT2D eigenvalue weighted by Crippen LogP contribution is 2.29. The minimum absolute atomic E-state index is 0.323. The number of carbonyl (C=O) groups is 1. The maximum Gasteiger partial charge on any atom is 0.277 e. The molecule has 0 unspecified atom stereocenters. The molecule has 0 N–H and O–H groups in total. The molecule has 0 bridgehead atoms. The molecule has 0 aliphatic carbocycles. The zero-order valence-corrected chi connectivity index (χ0v) is 10.6. The van der Waals surface area contributed by atoms with E-state index in [4.69, 9.17) is 0 Å². The van der Waals surface area contributed by atoms with Gasteiger partial charge in [0.05, 0.1) is 0 Å². The molecule has 96 valence electrons. The summed E-state index contributed by atoms with van der Waals surface area (Å²) in [5.74, 6) is -0.685. The fourth-order valence-electron chi connectivity index (χ4n) is 2.49. The summed E-state index contributed by atoms with van der Waals surface area (Å²) in [5, 5.41) is 14.1. The third kappa shape index (κ3) is 1.89. The van der Waals surface area contributed by atoms with E-state index < -0.39 is 5.78 Å². The summed E-state index contributed by atoms with van der Waals surface area (Å²) in [5.41, 5.74) is 0.913. The number of benzene rings is 3. The van der Waals surface area contributed by atoms with Crippen LogP contribution in [-0.2, 0) is 16.5 Å². The van der Waals surface area contributed by atoms with Crippen LogP contribution in [0.5, 0.6) is 0 Å². The van der Waals surface area contributed by atoms with Gasteiger partial charge in [0.2, 0.25) is 5.78 Å². The Kier molecular flexibility index (Phi) is 3.05. The number of fused-ring (bicyclic) bond motifs is 2. The van der Waals surface area contributed by atoms with Gasteiger partial charge in [0.15, 0.2) is 0 Å². The van der Waals surface area contributed by atoms with Crippen LogP contribution in [-0.4, -0.2) is 12.1 Å². The average Bonchev–Trinajstić information content (AvgIpc) is 2.51. The summed E-state index contributed by atoms with van der Waals surface area (Å²) in [6.45, 7) is -0.360. The normalized spacial score (nSPS) is 10.8. The standard InChI is InChI=1S/C17H10O3/c18-9-11-5-6-13-8-12-3-1-2-4-14(12)17(15(13)7-11)16(20)10-19/h1-8H,9H2. The molecule has 3 heteroatoms. The fourth-order valence-corrected chi connectivity index (χ4v) is 2.49. The van der Waals surface area contributed by atoms with E-state index in [0.717, 1.165) is 10.8 Å². The summed E-state index contributed by atoms with van der Waals surface area (Å²) < 4.78 is 0. The summed E-state index contributed by atoms with van der Waals surface area (Å²) in [6, 6.07) is 14.5. The van der Waals surface area contributed by atoms with Gasteiger partial charge in [-0.2, -0.15) is 0 Å². The lowest BCUT2D eigenvalue weighted by Crippen LogP contribution is -2.02. The van der Waals surface area contributed by atoms with Crippen molar-refractivity contribution in [3.8, 4) is 0 Å². The minimum Gasteiger partial charge on any atom is -0.285 e. The number of hydrogen-bond acceptors (Lipinski definition) is 2. The molecule has 0 spiro atoms. The Labute approximate surface area is 115 Å². The highest BCUT2D eigenvalue weighted by Gasteiger charge is 2.15. The first-order valence-corrected chi connectivity index (χ1v) is 6.19. The van der Waals surface area contributed by atoms with E-state index in [-0.39, 0.29) is 6.61 Å². The maximum atomic E-state index is 11.9. The first-order chi connectivity index (χ1) is 9.74. The predicted molar refractivity (Wildman–Crippen MR) is 75.9 cm³/mol. The second kappa shape index (κ2) is 4.87. The first kappa shape index (κ1) is 12.5. The molecule has 0 aliphatic rings. The Hall–Kier alpha value is -2.52. The number of ketones is 1. The molecule has 0 fully saturated rings. The van der Waals surface area contributed by atoms with E-state index in [0.29, 0.717) is 21.9 Å². The van der Waals surface area contributed by atoms with E-state index in [9.17, 15) is 14.7 Å². The van der Waals surface area contributed by atoms with Crippen LogP contribution in [0.4, 0.5) is 0 Å². The maximum absolute atomic E-state index is 11.9. The van der Waals surface area contributed by atoms with Crippen LogP contribution >= 0.6 is 0 Å². The van der Waals surface area contributed by atoms with Crippen LogP contribution in [0, 0.1) is 0 Å². The van der Waals surface area contributed by atoms with Gasteiger partial charge in [0.1, 0.15) is 6.61 Å². The molecular weight excluding hydrogens is 252 g/mol. The van der Waals surface area contributed by atoms with Crippen molar-refractivity contribution in [2.45, 2.75) is 6.61 Å². The van der Waals surface area contributed by atoms with E-state index in [1.165, 1.54) is 6.29 Å². The van der Waals surface area contributed by atoms with Gasteiger partial charge in [0.25, 0.3) is 6.29 Å². The second-order valence-electron chi connectivity index (χ2n) is 4.60. The zero-order valence-electron chi connectivity index (χ0n) is 10.6. The van der Waals surface area contributed by atoms with Crippen molar-refractivity contribution in [1.82, 2.24) is 0 Å². The van der Waals surface area contributed by atoms with Crippen molar-refractivity contribution in [2.75, 3.05) is 0 Å². The summed E-state index contributed by atoms with van der Waals surface area (Å²) in [4.78, 5) is 22.8. The fraction of sp³-hybridized carbons (Fsp3) is 0.0588. The van der Waals surface area contributed by atoms with Crippen LogP contribution in [0.1, 0.15) is 15.9 Å². The summed E-state index contributed by atoms with van der Waals surface area (Å²) in [7, 11) is 0. The molecule has 0 aromatic heterocycles. The van der Waals surface area contributed by atoms with E-state index in [1.807, 2.05) is 24.3 Å². The molecular formula is C17H10O3. The Bertz CT molecular complexity index is 834. The van der Waals surface area contributed by atoms with Crippen LogP contribution in [0.2, 0.25) is 0 Å². The van der Waals surface area contributed by atoms with Crippen LogP contribution < -0.4 is 0 Å². The monoisotopic (exact) mass is 262 g/mol. The number of hydrogen-bond donors (Lipinski definition) is 0. The van der Waals surface area contributed by atoms with Crippen LogP contribution in [0.25, 0.3) is 21.5 Å². The lowest BCUT2D eigenvalue weighted by atomic mass is 9.93. The summed E-state index contributed by atoms with van der Waals surface area (Å²) in [6.07, 6.45) is 1.44. The molecule has 3 rings (SSSR count). The molecule has 0 atom stereocenters.